The maximum absolute atomic E-state index is 12.0. The fraction of sp³-hybridized carbons (Fsp3) is 0.188. The molecule has 20 heavy (non-hydrogen) atoms. The van der Waals surface area contributed by atoms with Crippen molar-refractivity contribution in [3.8, 4) is 11.5 Å². The van der Waals surface area contributed by atoms with Crippen molar-refractivity contribution in [2.75, 3.05) is 5.32 Å². The first kappa shape index (κ1) is 13.9. The number of carbonyl (C=O) groups is 1. The molecule has 0 atom stereocenters. The molecule has 0 saturated heterocycles. The largest absolute Gasteiger partial charge is 0.504 e. The summed E-state index contributed by atoms with van der Waals surface area (Å²) in [7, 11) is 0. The van der Waals surface area contributed by atoms with Gasteiger partial charge in [-0.2, -0.15) is 0 Å². The number of aryl methyl sites for hydroxylation is 2. The number of amides is 1. The molecule has 0 aliphatic heterocycles. The van der Waals surface area contributed by atoms with E-state index in [0.29, 0.717) is 5.56 Å². The number of aromatic hydroxyl groups is 2. The van der Waals surface area contributed by atoms with Gasteiger partial charge in [0.05, 0.1) is 6.42 Å². The summed E-state index contributed by atoms with van der Waals surface area (Å²) >= 11 is 0. The molecule has 0 spiro atoms. The first-order chi connectivity index (χ1) is 9.45. The van der Waals surface area contributed by atoms with E-state index < -0.39 is 0 Å². The van der Waals surface area contributed by atoms with Crippen molar-refractivity contribution in [3.05, 3.63) is 53.1 Å². The smallest absolute Gasteiger partial charge is 0.228 e. The summed E-state index contributed by atoms with van der Waals surface area (Å²) in [5, 5.41) is 21.5. The summed E-state index contributed by atoms with van der Waals surface area (Å²) < 4.78 is 0. The summed E-state index contributed by atoms with van der Waals surface area (Å²) in [6.45, 7) is 3.90. The number of phenols is 2. The van der Waals surface area contributed by atoms with Gasteiger partial charge in [0.25, 0.3) is 0 Å². The number of phenolic OH excluding ortho intramolecular Hbond substituents is 2. The molecule has 104 valence electrons. The van der Waals surface area contributed by atoms with Crippen LogP contribution in [0.3, 0.4) is 0 Å². The number of nitrogens with one attached hydrogen (secondary N) is 1. The second-order valence-corrected chi connectivity index (χ2v) is 4.87. The van der Waals surface area contributed by atoms with Crippen LogP contribution in [0, 0.1) is 13.8 Å². The Kier molecular flexibility index (Phi) is 3.94. The molecule has 0 heterocycles. The third kappa shape index (κ3) is 3.29. The van der Waals surface area contributed by atoms with Gasteiger partial charge in [-0.3, -0.25) is 4.79 Å². The molecule has 2 rings (SSSR count). The lowest BCUT2D eigenvalue weighted by atomic mass is 10.1. The van der Waals surface area contributed by atoms with Crippen LogP contribution in [0.5, 0.6) is 11.5 Å². The lowest BCUT2D eigenvalue weighted by Gasteiger charge is -2.09. The van der Waals surface area contributed by atoms with Gasteiger partial charge in [0.1, 0.15) is 0 Å². The van der Waals surface area contributed by atoms with Crippen molar-refractivity contribution in [1.29, 1.82) is 0 Å². The zero-order valence-electron chi connectivity index (χ0n) is 11.5. The standard InChI is InChI=1S/C16H17NO3/c1-10-3-4-11(2)13(7-10)17-16(20)9-12-5-6-14(18)15(19)8-12/h3-8,18-19H,9H2,1-2H3,(H,17,20). The first-order valence-corrected chi connectivity index (χ1v) is 6.33. The maximum Gasteiger partial charge on any atom is 0.228 e. The van der Waals surface area contributed by atoms with Crippen LogP contribution < -0.4 is 5.32 Å². The topological polar surface area (TPSA) is 69.6 Å². The Bertz CT molecular complexity index is 650. The number of rotatable bonds is 3. The van der Waals surface area contributed by atoms with E-state index in [-0.39, 0.29) is 23.8 Å². The highest BCUT2D eigenvalue weighted by Crippen LogP contribution is 2.25. The first-order valence-electron chi connectivity index (χ1n) is 6.33. The molecule has 4 nitrogen and oxygen atoms in total. The molecule has 2 aromatic rings. The minimum atomic E-state index is -0.220. The minimum absolute atomic E-state index is 0.140. The third-order valence-corrected chi connectivity index (χ3v) is 3.07. The summed E-state index contributed by atoms with van der Waals surface area (Å²) in [4.78, 5) is 12.0. The average Bonchev–Trinajstić information content (AvgIpc) is 2.38. The molecular weight excluding hydrogens is 254 g/mol. The van der Waals surface area contributed by atoms with Gasteiger partial charge < -0.3 is 15.5 Å². The van der Waals surface area contributed by atoms with E-state index in [9.17, 15) is 15.0 Å². The Balaban J connectivity index is 2.09. The Morgan fingerprint density at radius 1 is 1.05 bits per heavy atom. The highest BCUT2D eigenvalue weighted by atomic mass is 16.3. The molecular formula is C16H17NO3. The van der Waals surface area contributed by atoms with Crippen molar-refractivity contribution in [1.82, 2.24) is 0 Å². The predicted molar refractivity (Wildman–Crippen MR) is 78.0 cm³/mol. The molecule has 0 fully saturated rings. The van der Waals surface area contributed by atoms with Gasteiger partial charge in [0.15, 0.2) is 11.5 Å². The van der Waals surface area contributed by atoms with Gasteiger partial charge in [0.2, 0.25) is 5.91 Å². The summed E-state index contributed by atoms with van der Waals surface area (Å²) in [5.74, 6) is -0.575. The lowest BCUT2D eigenvalue weighted by Crippen LogP contribution is -2.15. The SMILES string of the molecule is Cc1ccc(C)c(NC(=O)Cc2ccc(O)c(O)c2)c1. The molecule has 3 N–H and O–H groups in total. The highest BCUT2D eigenvalue weighted by molar-refractivity contribution is 5.93. The molecule has 0 radical (unpaired) electrons. The second kappa shape index (κ2) is 5.65. The van der Waals surface area contributed by atoms with E-state index in [0.717, 1.165) is 16.8 Å². The zero-order valence-corrected chi connectivity index (χ0v) is 11.5. The van der Waals surface area contributed by atoms with E-state index in [4.69, 9.17) is 0 Å². The van der Waals surface area contributed by atoms with Gasteiger partial charge in [-0.15, -0.1) is 0 Å². The number of anilines is 1. The number of hydrogen-bond donors (Lipinski definition) is 3. The molecule has 0 bridgehead atoms. The van der Waals surface area contributed by atoms with Crippen LogP contribution in [0.1, 0.15) is 16.7 Å². The van der Waals surface area contributed by atoms with Crippen molar-refractivity contribution in [2.45, 2.75) is 20.3 Å². The lowest BCUT2D eigenvalue weighted by molar-refractivity contribution is -0.115. The molecule has 0 unspecified atom stereocenters. The van der Waals surface area contributed by atoms with E-state index in [1.807, 2.05) is 32.0 Å². The summed E-state index contributed by atoms with van der Waals surface area (Å²) in [6.07, 6.45) is 0.140. The van der Waals surface area contributed by atoms with Crippen LogP contribution in [0.25, 0.3) is 0 Å². The molecule has 0 saturated carbocycles. The molecule has 2 aromatic carbocycles. The Morgan fingerprint density at radius 3 is 2.50 bits per heavy atom. The van der Waals surface area contributed by atoms with Crippen LogP contribution in [0.15, 0.2) is 36.4 Å². The Hall–Kier alpha value is -2.49. The van der Waals surface area contributed by atoms with Crippen molar-refractivity contribution >= 4 is 11.6 Å². The van der Waals surface area contributed by atoms with Gasteiger partial charge in [-0.25, -0.2) is 0 Å². The van der Waals surface area contributed by atoms with Gasteiger partial charge in [-0.1, -0.05) is 18.2 Å². The quantitative estimate of drug-likeness (QED) is 0.752. The van der Waals surface area contributed by atoms with Crippen LogP contribution in [0.2, 0.25) is 0 Å². The monoisotopic (exact) mass is 271 g/mol. The van der Waals surface area contributed by atoms with Crippen molar-refractivity contribution in [3.63, 3.8) is 0 Å². The fourth-order valence-corrected chi connectivity index (χ4v) is 1.93. The number of hydrogen-bond acceptors (Lipinski definition) is 3. The van der Waals surface area contributed by atoms with Gasteiger partial charge >= 0.3 is 0 Å². The second-order valence-electron chi connectivity index (χ2n) is 4.87. The van der Waals surface area contributed by atoms with E-state index in [1.54, 1.807) is 6.07 Å². The average molecular weight is 271 g/mol. The normalized spacial score (nSPS) is 10.3. The minimum Gasteiger partial charge on any atom is -0.504 e. The van der Waals surface area contributed by atoms with Crippen LogP contribution in [-0.4, -0.2) is 16.1 Å². The molecule has 0 aromatic heterocycles. The third-order valence-electron chi connectivity index (χ3n) is 3.07. The Labute approximate surface area is 117 Å². The number of benzene rings is 2. The van der Waals surface area contributed by atoms with Crippen molar-refractivity contribution in [2.24, 2.45) is 0 Å². The summed E-state index contributed by atoms with van der Waals surface area (Å²) in [5.41, 5.74) is 3.51. The maximum atomic E-state index is 12.0. The zero-order chi connectivity index (χ0) is 14.7. The fourth-order valence-electron chi connectivity index (χ4n) is 1.93. The van der Waals surface area contributed by atoms with E-state index >= 15 is 0 Å². The Morgan fingerprint density at radius 2 is 1.80 bits per heavy atom. The van der Waals surface area contributed by atoms with Crippen molar-refractivity contribution < 1.29 is 15.0 Å². The van der Waals surface area contributed by atoms with E-state index in [2.05, 4.69) is 5.32 Å². The molecule has 0 aliphatic rings. The van der Waals surface area contributed by atoms with Gasteiger partial charge in [0, 0.05) is 5.69 Å². The van der Waals surface area contributed by atoms with Crippen LogP contribution in [0.4, 0.5) is 5.69 Å². The molecule has 4 heteroatoms. The predicted octanol–water partition coefficient (Wildman–Crippen LogP) is 2.90. The summed E-state index contributed by atoms with van der Waals surface area (Å²) in [6, 6.07) is 10.2. The van der Waals surface area contributed by atoms with Crippen LogP contribution >= 0.6 is 0 Å². The molecule has 0 aliphatic carbocycles. The van der Waals surface area contributed by atoms with Gasteiger partial charge in [-0.05, 0) is 48.7 Å². The van der Waals surface area contributed by atoms with E-state index in [1.165, 1.54) is 12.1 Å². The highest BCUT2D eigenvalue weighted by Gasteiger charge is 2.08. The van der Waals surface area contributed by atoms with Crippen LogP contribution in [-0.2, 0) is 11.2 Å². The number of carbonyl (C=O) groups excluding carboxylic acids is 1. The molecule has 1 amide bonds.